The van der Waals surface area contributed by atoms with Gasteiger partial charge < -0.3 is 5.32 Å². The number of rotatable bonds is 7. The number of Topliss-reactive ketones (excluding diaryl/α,β-unsaturated/α-hetero) is 1. The minimum Gasteiger partial charge on any atom is -0.378 e. The Morgan fingerprint density at radius 3 is 2.25 bits per heavy atom. The smallest absolute Gasteiger partial charge is 0.269 e. The van der Waals surface area contributed by atoms with Gasteiger partial charge in [-0.05, 0) is 42.7 Å². The zero-order valence-corrected chi connectivity index (χ0v) is 15.9. The van der Waals surface area contributed by atoms with E-state index in [0.717, 1.165) is 16.8 Å². The highest BCUT2D eigenvalue weighted by Crippen LogP contribution is 2.27. The molecule has 3 aromatic carbocycles. The van der Waals surface area contributed by atoms with E-state index in [0.29, 0.717) is 5.56 Å². The number of hydrogen-bond donors (Lipinski definition) is 1. The summed E-state index contributed by atoms with van der Waals surface area (Å²) >= 11 is 0. The van der Waals surface area contributed by atoms with Crippen LogP contribution < -0.4 is 5.32 Å². The maximum atomic E-state index is 12.8. The van der Waals surface area contributed by atoms with Crippen LogP contribution in [-0.4, -0.2) is 10.7 Å². The molecule has 0 radical (unpaired) electrons. The van der Waals surface area contributed by atoms with Gasteiger partial charge in [0, 0.05) is 29.8 Å². The van der Waals surface area contributed by atoms with Crippen LogP contribution in [0.5, 0.6) is 0 Å². The summed E-state index contributed by atoms with van der Waals surface area (Å²) in [7, 11) is 0. The van der Waals surface area contributed by atoms with Crippen LogP contribution in [0.25, 0.3) is 0 Å². The Balaban J connectivity index is 1.89. The number of nitrogens with zero attached hydrogens (tertiary/aromatic N) is 1. The molecule has 0 amide bonds. The molecule has 0 bridgehead atoms. The number of anilines is 1. The van der Waals surface area contributed by atoms with E-state index < -0.39 is 4.92 Å². The van der Waals surface area contributed by atoms with Crippen molar-refractivity contribution in [1.82, 2.24) is 0 Å². The highest BCUT2D eigenvalue weighted by atomic mass is 16.6. The fraction of sp³-hybridized carbons (Fsp3) is 0.174. The highest BCUT2D eigenvalue weighted by molar-refractivity contribution is 5.96. The fourth-order valence-electron chi connectivity index (χ4n) is 3.04. The lowest BCUT2D eigenvalue weighted by atomic mass is 9.97. The first-order valence-electron chi connectivity index (χ1n) is 9.10. The van der Waals surface area contributed by atoms with E-state index in [9.17, 15) is 14.9 Å². The van der Waals surface area contributed by atoms with Gasteiger partial charge in [-0.1, -0.05) is 48.5 Å². The van der Waals surface area contributed by atoms with E-state index in [-0.39, 0.29) is 23.9 Å². The molecule has 3 rings (SSSR count). The van der Waals surface area contributed by atoms with Gasteiger partial charge >= 0.3 is 0 Å². The maximum absolute atomic E-state index is 12.8. The Morgan fingerprint density at radius 1 is 0.964 bits per heavy atom. The summed E-state index contributed by atoms with van der Waals surface area (Å²) in [6.45, 7) is 4.09. The molecule has 0 fully saturated rings. The van der Waals surface area contributed by atoms with Crippen LogP contribution in [0.2, 0.25) is 0 Å². The Morgan fingerprint density at radius 2 is 1.64 bits per heavy atom. The Hall–Kier alpha value is -3.47. The van der Waals surface area contributed by atoms with E-state index in [1.807, 2.05) is 50.2 Å². The lowest BCUT2D eigenvalue weighted by molar-refractivity contribution is -0.384. The van der Waals surface area contributed by atoms with E-state index in [1.54, 1.807) is 24.3 Å². The molecule has 0 aliphatic rings. The van der Waals surface area contributed by atoms with E-state index in [4.69, 9.17) is 0 Å². The van der Waals surface area contributed by atoms with Gasteiger partial charge in [0.15, 0.2) is 5.78 Å². The monoisotopic (exact) mass is 374 g/mol. The molecule has 0 aliphatic carbocycles. The summed E-state index contributed by atoms with van der Waals surface area (Å²) in [6.07, 6.45) is 0.245. The Labute approximate surface area is 164 Å². The van der Waals surface area contributed by atoms with Gasteiger partial charge in [-0.15, -0.1) is 0 Å². The molecule has 0 saturated carbocycles. The second kappa shape index (κ2) is 8.48. The predicted octanol–water partition coefficient (Wildman–Crippen LogP) is 5.64. The molecule has 0 heterocycles. The Kier molecular flexibility index (Phi) is 5.84. The first-order chi connectivity index (χ1) is 13.4. The molecule has 5 nitrogen and oxygen atoms in total. The first kappa shape index (κ1) is 19.3. The van der Waals surface area contributed by atoms with Gasteiger partial charge in [-0.2, -0.15) is 0 Å². The topological polar surface area (TPSA) is 72.2 Å². The minimum absolute atomic E-state index is 0.0142. The number of carbonyl (C=O) groups is 1. The average molecular weight is 374 g/mol. The largest absolute Gasteiger partial charge is 0.378 e. The quantitative estimate of drug-likeness (QED) is 0.330. The summed E-state index contributed by atoms with van der Waals surface area (Å²) in [5.74, 6) is 0.0142. The van der Waals surface area contributed by atoms with Crippen molar-refractivity contribution in [3.8, 4) is 0 Å². The summed E-state index contributed by atoms with van der Waals surface area (Å²) in [4.78, 5) is 23.3. The van der Waals surface area contributed by atoms with Crippen LogP contribution in [0, 0.1) is 24.0 Å². The SMILES string of the molecule is Cc1ccc(NC(CC(=O)c2ccccc2)c2ccc([N+](=O)[O-])cc2)cc1C. The van der Waals surface area contributed by atoms with Crippen LogP contribution >= 0.6 is 0 Å². The van der Waals surface area contributed by atoms with Crippen molar-refractivity contribution < 1.29 is 9.72 Å². The number of benzene rings is 3. The number of nitrogens with one attached hydrogen (secondary N) is 1. The molecule has 1 unspecified atom stereocenters. The molecule has 0 saturated heterocycles. The zero-order chi connectivity index (χ0) is 20.1. The van der Waals surface area contributed by atoms with Gasteiger partial charge in [0.2, 0.25) is 0 Å². The number of nitro groups is 1. The molecular formula is C23H22N2O3. The van der Waals surface area contributed by atoms with Crippen LogP contribution in [0.15, 0.2) is 72.8 Å². The maximum Gasteiger partial charge on any atom is 0.269 e. The van der Waals surface area contributed by atoms with Gasteiger partial charge in [0.05, 0.1) is 11.0 Å². The van der Waals surface area contributed by atoms with Gasteiger partial charge in [-0.3, -0.25) is 14.9 Å². The molecule has 0 aromatic heterocycles. The first-order valence-corrected chi connectivity index (χ1v) is 9.10. The lowest BCUT2D eigenvalue weighted by Crippen LogP contribution is -2.16. The molecule has 28 heavy (non-hydrogen) atoms. The molecule has 3 aromatic rings. The molecule has 1 N–H and O–H groups in total. The van der Waals surface area contributed by atoms with E-state index in [2.05, 4.69) is 5.32 Å². The number of aryl methyl sites for hydroxylation is 2. The number of carbonyl (C=O) groups excluding carboxylic acids is 1. The molecule has 0 aliphatic heterocycles. The van der Waals surface area contributed by atoms with Gasteiger partial charge in [0.25, 0.3) is 5.69 Å². The summed E-state index contributed by atoms with van der Waals surface area (Å²) < 4.78 is 0. The normalized spacial score (nSPS) is 11.6. The second-order valence-electron chi connectivity index (χ2n) is 6.84. The van der Waals surface area contributed by atoms with Crippen LogP contribution in [-0.2, 0) is 0 Å². The molecule has 5 heteroatoms. The molecule has 1 atom stereocenters. The Bertz CT molecular complexity index is 982. The lowest BCUT2D eigenvalue weighted by Gasteiger charge is -2.21. The van der Waals surface area contributed by atoms with Gasteiger partial charge in [-0.25, -0.2) is 0 Å². The summed E-state index contributed by atoms with van der Waals surface area (Å²) in [5.41, 5.74) is 4.76. The zero-order valence-electron chi connectivity index (χ0n) is 15.9. The van der Waals surface area contributed by atoms with Crippen molar-refractivity contribution in [2.24, 2.45) is 0 Å². The minimum atomic E-state index is -0.426. The van der Waals surface area contributed by atoms with Crippen LogP contribution in [0.1, 0.15) is 39.5 Å². The number of nitro benzene ring substituents is 1. The third-order valence-corrected chi connectivity index (χ3v) is 4.84. The third kappa shape index (κ3) is 4.62. The number of non-ortho nitro benzene ring substituents is 1. The van der Waals surface area contributed by atoms with Crippen molar-refractivity contribution in [3.05, 3.63) is 105 Å². The number of hydrogen-bond acceptors (Lipinski definition) is 4. The van der Waals surface area contributed by atoms with E-state index >= 15 is 0 Å². The molecule has 142 valence electrons. The fourth-order valence-corrected chi connectivity index (χ4v) is 3.04. The van der Waals surface area contributed by atoms with Crippen LogP contribution in [0.4, 0.5) is 11.4 Å². The van der Waals surface area contributed by atoms with Crippen molar-refractivity contribution in [3.63, 3.8) is 0 Å². The molecular weight excluding hydrogens is 352 g/mol. The van der Waals surface area contributed by atoms with Gasteiger partial charge in [0.1, 0.15) is 0 Å². The molecule has 0 spiro atoms. The standard InChI is InChI=1S/C23H22N2O3/c1-16-8-11-20(14-17(16)2)24-22(15-23(26)19-6-4-3-5-7-19)18-9-12-21(13-10-18)25(27)28/h3-14,22,24H,15H2,1-2H3. The highest BCUT2D eigenvalue weighted by Gasteiger charge is 2.18. The summed E-state index contributed by atoms with van der Waals surface area (Å²) in [6, 6.07) is 21.2. The predicted molar refractivity (Wildman–Crippen MR) is 111 cm³/mol. The summed E-state index contributed by atoms with van der Waals surface area (Å²) in [5, 5.41) is 14.4. The average Bonchev–Trinajstić information content (AvgIpc) is 2.71. The second-order valence-corrected chi connectivity index (χ2v) is 6.84. The van der Waals surface area contributed by atoms with Crippen molar-refractivity contribution in [2.45, 2.75) is 26.3 Å². The van der Waals surface area contributed by atoms with Crippen molar-refractivity contribution in [1.29, 1.82) is 0 Å². The van der Waals surface area contributed by atoms with E-state index in [1.165, 1.54) is 17.7 Å². The third-order valence-electron chi connectivity index (χ3n) is 4.84. The van der Waals surface area contributed by atoms with Crippen LogP contribution in [0.3, 0.4) is 0 Å². The number of ketones is 1. The van der Waals surface area contributed by atoms with Crippen molar-refractivity contribution >= 4 is 17.2 Å². The van der Waals surface area contributed by atoms with Crippen molar-refractivity contribution in [2.75, 3.05) is 5.32 Å².